The molecule has 1 aromatic carbocycles. The Morgan fingerprint density at radius 2 is 1.86 bits per heavy atom. The lowest BCUT2D eigenvalue weighted by molar-refractivity contribution is 0.617. The Kier molecular flexibility index (Phi) is 13.4. The molecule has 1 aromatic rings. The van der Waals surface area contributed by atoms with Crippen LogP contribution in [0.3, 0.4) is 0 Å². The number of aliphatic imine (C=N–C) groups is 1. The number of thioether (sulfide) groups is 2. The SMILES string of the molecule is CN=C(NCCSC)NCCSCc1ccccc1F.I. The molecular formula is C14H23FIN3S2. The molecule has 0 heterocycles. The minimum absolute atomic E-state index is 0. The molecule has 0 amide bonds. The smallest absolute Gasteiger partial charge is 0.191 e. The van der Waals surface area contributed by atoms with Crippen molar-refractivity contribution in [2.24, 2.45) is 4.99 Å². The second-order valence-corrected chi connectivity index (χ2v) is 6.15. The maximum Gasteiger partial charge on any atom is 0.191 e. The van der Waals surface area contributed by atoms with Gasteiger partial charge in [0, 0.05) is 37.4 Å². The maximum absolute atomic E-state index is 13.4. The van der Waals surface area contributed by atoms with Gasteiger partial charge in [-0.25, -0.2) is 4.39 Å². The molecule has 0 fully saturated rings. The fourth-order valence-corrected chi connectivity index (χ4v) is 2.68. The molecule has 0 aliphatic carbocycles. The zero-order valence-electron chi connectivity index (χ0n) is 12.4. The van der Waals surface area contributed by atoms with Gasteiger partial charge in [-0.15, -0.1) is 24.0 Å². The Morgan fingerprint density at radius 1 is 1.19 bits per heavy atom. The van der Waals surface area contributed by atoms with E-state index in [1.807, 2.05) is 12.1 Å². The van der Waals surface area contributed by atoms with Gasteiger partial charge in [0.2, 0.25) is 0 Å². The summed E-state index contributed by atoms with van der Waals surface area (Å²) in [5.41, 5.74) is 0.764. The molecule has 0 unspecified atom stereocenters. The predicted molar refractivity (Wildman–Crippen MR) is 106 cm³/mol. The van der Waals surface area contributed by atoms with Gasteiger partial charge in [0.25, 0.3) is 0 Å². The molecule has 0 spiro atoms. The molecule has 3 nitrogen and oxygen atoms in total. The summed E-state index contributed by atoms with van der Waals surface area (Å²) in [5, 5.41) is 6.48. The molecular weight excluding hydrogens is 420 g/mol. The first-order valence-electron chi connectivity index (χ1n) is 6.52. The van der Waals surface area contributed by atoms with Crippen molar-refractivity contribution < 1.29 is 4.39 Å². The quantitative estimate of drug-likeness (QED) is 0.280. The van der Waals surface area contributed by atoms with E-state index in [9.17, 15) is 4.39 Å². The van der Waals surface area contributed by atoms with Gasteiger partial charge in [-0.1, -0.05) is 18.2 Å². The molecule has 0 aromatic heterocycles. The van der Waals surface area contributed by atoms with Crippen LogP contribution < -0.4 is 10.6 Å². The van der Waals surface area contributed by atoms with Crippen LogP contribution in [0.4, 0.5) is 4.39 Å². The summed E-state index contributed by atoms with van der Waals surface area (Å²) < 4.78 is 13.4. The third kappa shape index (κ3) is 9.46. The fraction of sp³-hybridized carbons (Fsp3) is 0.500. The second kappa shape index (κ2) is 13.5. The first-order valence-corrected chi connectivity index (χ1v) is 9.07. The zero-order valence-corrected chi connectivity index (χ0v) is 16.4. The highest BCUT2D eigenvalue weighted by atomic mass is 127. The van der Waals surface area contributed by atoms with Crippen LogP contribution in [0.1, 0.15) is 5.56 Å². The van der Waals surface area contributed by atoms with Gasteiger partial charge >= 0.3 is 0 Å². The number of hydrogen-bond acceptors (Lipinski definition) is 3. The van der Waals surface area contributed by atoms with E-state index in [0.29, 0.717) is 5.75 Å². The molecule has 7 heteroatoms. The molecule has 21 heavy (non-hydrogen) atoms. The lowest BCUT2D eigenvalue weighted by atomic mass is 10.2. The highest BCUT2D eigenvalue weighted by molar-refractivity contribution is 14.0. The molecule has 0 aliphatic heterocycles. The van der Waals surface area contributed by atoms with Crippen LogP contribution in [0.15, 0.2) is 29.3 Å². The summed E-state index contributed by atoms with van der Waals surface area (Å²) in [6.45, 7) is 1.72. The van der Waals surface area contributed by atoms with E-state index in [-0.39, 0.29) is 29.8 Å². The van der Waals surface area contributed by atoms with Crippen LogP contribution in [-0.4, -0.2) is 43.9 Å². The van der Waals surface area contributed by atoms with Crippen molar-refractivity contribution in [1.82, 2.24) is 10.6 Å². The first-order chi connectivity index (χ1) is 9.77. The average molecular weight is 443 g/mol. The molecule has 0 bridgehead atoms. The summed E-state index contributed by atoms with van der Waals surface area (Å²) >= 11 is 3.51. The van der Waals surface area contributed by atoms with Crippen LogP contribution in [-0.2, 0) is 5.75 Å². The van der Waals surface area contributed by atoms with E-state index in [2.05, 4.69) is 21.9 Å². The molecule has 0 radical (unpaired) electrons. The van der Waals surface area contributed by atoms with E-state index < -0.39 is 0 Å². The minimum atomic E-state index is -0.123. The highest BCUT2D eigenvalue weighted by Crippen LogP contribution is 2.14. The van der Waals surface area contributed by atoms with Crippen LogP contribution in [0.2, 0.25) is 0 Å². The van der Waals surface area contributed by atoms with Gasteiger partial charge in [0.15, 0.2) is 5.96 Å². The molecule has 1 rings (SSSR count). The van der Waals surface area contributed by atoms with E-state index in [4.69, 9.17) is 0 Å². The predicted octanol–water partition coefficient (Wildman–Crippen LogP) is 3.20. The van der Waals surface area contributed by atoms with Crippen molar-refractivity contribution in [1.29, 1.82) is 0 Å². The molecule has 120 valence electrons. The first kappa shape index (κ1) is 20.9. The van der Waals surface area contributed by atoms with Crippen molar-refractivity contribution in [3.8, 4) is 0 Å². The number of benzene rings is 1. The van der Waals surface area contributed by atoms with Gasteiger partial charge in [0.1, 0.15) is 5.82 Å². The van der Waals surface area contributed by atoms with E-state index in [1.165, 1.54) is 6.07 Å². The van der Waals surface area contributed by atoms with Crippen molar-refractivity contribution in [2.75, 3.05) is 37.9 Å². The Labute approximate surface area is 152 Å². The largest absolute Gasteiger partial charge is 0.356 e. The van der Waals surface area contributed by atoms with Gasteiger partial charge < -0.3 is 10.6 Å². The van der Waals surface area contributed by atoms with Crippen LogP contribution >= 0.6 is 47.5 Å². The monoisotopic (exact) mass is 443 g/mol. The average Bonchev–Trinajstić information content (AvgIpc) is 2.47. The van der Waals surface area contributed by atoms with E-state index in [0.717, 1.165) is 36.1 Å². The Hall–Kier alpha value is -0.150. The van der Waals surface area contributed by atoms with Gasteiger partial charge in [0.05, 0.1) is 0 Å². The normalized spacial score (nSPS) is 10.9. The van der Waals surface area contributed by atoms with Crippen LogP contribution in [0.5, 0.6) is 0 Å². The summed E-state index contributed by atoms with van der Waals surface area (Å²) in [5.74, 6) is 3.38. The number of nitrogens with zero attached hydrogens (tertiary/aromatic N) is 1. The summed E-state index contributed by atoms with van der Waals surface area (Å²) in [6, 6.07) is 6.92. The third-order valence-corrected chi connectivity index (χ3v) is 4.20. The molecule has 0 saturated carbocycles. The summed E-state index contributed by atoms with van der Waals surface area (Å²) in [4.78, 5) is 4.15. The standard InChI is InChI=1S/C14H22FN3S2.HI/c1-16-14(17-7-9-19-2)18-8-10-20-11-12-5-3-4-6-13(12)15;/h3-6H,7-11H2,1-2H3,(H2,16,17,18);1H. The van der Waals surface area contributed by atoms with Gasteiger partial charge in [-0.2, -0.15) is 23.5 Å². The lowest BCUT2D eigenvalue weighted by Gasteiger charge is -2.11. The zero-order chi connectivity index (χ0) is 14.6. The van der Waals surface area contributed by atoms with Crippen LogP contribution in [0.25, 0.3) is 0 Å². The number of nitrogens with one attached hydrogen (secondary N) is 2. The summed E-state index contributed by atoms with van der Waals surface area (Å²) in [7, 11) is 1.76. The number of guanidine groups is 1. The maximum atomic E-state index is 13.4. The molecule has 0 atom stereocenters. The number of halogens is 2. The Morgan fingerprint density at radius 3 is 2.48 bits per heavy atom. The molecule has 0 aliphatic rings. The van der Waals surface area contributed by atoms with Crippen molar-refractivity contribution in [3.63, 3.8) is 0 Å². The molecule has 0 saturated heterocycles. The van der Waals surface area contributed by atoms with Crippen molar-refractivity contribution in [3.05, 3.63) is 35.6 Å². The number of hydrogen-bond donors (Lipinski definition) is 2. The summed E-state index contributed by atoms with van der Waals surface area (Å²) in [6.07, 6.45) is 2.08. The van der Waals surface area contributed by atoms with Crippen molar-refractivity contribution >= 4 is 53.5 Å². The van der Waals surface area contributed by atoms with E-state index in [1.54, 1.807) is 36.6 Å². The Bertz CT molecular complexity index is 419. The van der Waals surface area contributed by atoms with Crippen LogP contribution in [0, 0.1) is 5.82 Å². The molecule has 2 N–H and O–H groups in total. The van der Waals surface area contributed by atoms with E-state index >= 15 is 0 Å². The van der Waals surface area contributed by atoms with Gasteiger partial charge in [-0.05, 0) is 17.9 Å². The fourth-order valence-electron chi connectivity index (χ4n) is 1.53. The lowest BCUT2D eigenvalue weighted by Crippen LogP contribution is -2.39. The topological polar surface area (TPSA) is 36.4 Å². The number of rotatable bonds is 8. The minimum Gasteiger partial charge on any atom is -0.356 e. The second-order valence-electron chi connectivity index (χ2n) is 4.06. The van der Waals surface area contributed by atoms with Gasteiger partial charge in [-0.3, -0.25) is 4.99 Å². The van der Waals surface area contributed by atoms with Crippen molar-refractivity contribution in [2.45, 2.75) is 5.75 Å². The Balaban J connectivity index is 0.00000400. The highest BCUT2D eigenvalue weighted by Gasteiger charge is 2.01. The third-order valence-electron chi connectivity index (χ3n) is 2.58.